The SMILES string of the molecule is CC(C)Cc1nnc(NC(C)c2cccc(F)c2)s1. The Hall–Kier alpha value is -1.49. The van der Waals surface area contributed by atoms with Crippen LogP contribution in [0.2, 0.25) is 0 Å². The van der Waals surface area contributed by atoms with E-state index in [1.54, 1.807) is 17.4 Å². The van der Waals surface area contributed by atoms with E-state index in [-0.39, 0.29) is 11.9 Å². The van der Waals surface area contributed by atoms with E-state index in [2.05, 4.69) is 29.4 Å². The van der Waals surface area contributed by atoms with Crippen molar-refractivity contribution in [3.05, 3.63) is 40.7 Å². The van der Waals surface area contributed by atoms with Gasteiger partial charge in [0.15, 0.2) is 0 Å². The number of rotatable bonds is 5. The Bertz CT molecular complexity index is 539. The molecular weight excluding hydrogens is 261 g/mol. The number of halogens is 1. The Kier molecular flexibility index (Phi) is 4.47. The van der Waals surface area contributed by atoms with E-state index in [0.717, 1.165) is 22.1 Å². The molecule has 1 heterocycles. The first-order valence-corrected chi connectivity index (χ1v) is 7.20. The first kappa shape index (κ1) is 13.9. The highest BCUT2D eigenvalue weighted by atomic mass is 32.1. The van der Waals surface area contributed by atoms with Gasteiger partial charge in [0.1, 0.15) is 10.8 Å². The highest BCUT2D eigenvalue weighted by Crippen LogP contribution is 2.23. The lowest BCUT2D eigenvalue weighted by atomic mass is 10.1. The maximum Gasteiger partial charge on any atom is 0.206 e. The number of hydrogen-bond acceptors (Lipinski definition) is 4. The third-order valence-electron chi connectivity index (χ3n) is 2.74. The third-order valence-corrected chi connectivity index (χ3v) is 3.62. The summed E-state index contributed by atoms with van der Waals surface area (Å²) >= 11 is 1.56. The van der Waals surface area contributed by atoms with Crippen LogP contribution in [0.15, 0.2) is 24.3 Å². The smallest absolute Gasteiger partial charge is 0.206 e. The van der Waals surface area contributed by atoms with Gasteiger partial charge in [0.25, 0.3) is 0 Å². The standard InChI is InChI=1S/C14H18FN3S/c1-9(2)7-13-17-18-14(19-13)16-10(3)11-5-4-6-12(15)8-11/h4-6,8-10H,7H2,1-3H3,(H,16,18). The lowest BCUT2D eigenvalue weighted by Gasteiger charge is -2.12. The van der Waals surface area contributed by atoms with Crippen LogP contribution in [0.5, 0.6) is 0 Å². The van der Waals surface area contributed by atoms with Crippen molar-refractivity contribution in [1.82, 2.24) is 10.2 Å². The molecule has 2 aromatic rings. The zero-order chi connectivity index (χ0) is 13.8. The number of aromatic nitrogens is 2. The summed E-state index contributed by atoms with van der Waals surface area (Å²) < 4.78 is 13.2. The van der Waals surface area contributed by atoms with Crippen molar-refractivity contribution >= 4 is 16.5 Å². The molecule has 0 aliphatic carbocycles. The molecule has 0 spiro atoms. The predicted octanol–water partition coefficient (Wildman–Crippen LogP) is 4.05. The van der Waals surface area contributed by atoms with E-state index in [1.165, 1.54) is 12.1 Å². The van der Waals surface area contributed by atoms with Crippen molar-refractivity contribution in [3.63, 3.8) is 0 Å². The molecule has 0 bridgehead atoms. The maximum atomic E-state index is 13.2. The van der Waals surface area contributed by atoms with E-state index in [9.17, 15) is 4.39 Å². The van der Waals surface area contributed by atoms with Gasteiger partial charge in [-0.1, -0.05) is 37.3 Å². The molecule has 1 atom stereocenters. The topological polar surface area (TPSA) is 37.8 Å². The Morgan fingerprint density at radius 2 is 2.05 bits per heavy atom. The summed E-state index contributed by atoms with van der Waals surface area (Å²) in [7, 11) is 0. The van der Waals surface area contributed by atoms with Crippen LogP contribution in [0.3, 0.4) is 0 Å². The van der Waals surface area contributed by atoms with E-state index < -0.39 is 0 Å². The molecule has 0 aliphatic rings. The van der Waals surface area contributed by atoms with Gasteiger partial charge in [0.05, 0.1) is 6.04 Å². The van der Waals surface area contributed by atoms with Gasteiger partial charge in [-0.25, -0.2) is 4.39 Å². The second-order valence-corrected chi connectivity index (χ2v) is 6.08. The van der Waals surface area contributed by atoms with Gasteiger partial charge in [-0.3, -0.25) is 0 Å². The minimum Gasteiger partial charge on any atom is -0.354 e. The lowest BCUT2D eigenvalue weighted by Crippen LogP contribution is -2.06. The first-order valence-electron chi connectivity index (χ1n) is 6.39. The molecule has 19 heavy (non-hydrogen) atoms. The van der Waals surface area contributed by atoms with Crippen LogP contribution in [0.25, 0.3) is 0 Å². The number of nitrogens with zero attached hydrogens (tertiary/aromatic N) is 2. The highest BCUT2D eigenvalue weighted by Gasteiger charge is 2.10. The second kappa shape index (κ2) is 6.10. The molecule has 5 heteroatoms. The fraction of sp³-hybridized carbons (Fsp3) is 0.429. The zero-order valence-electron chi connectivity index (χ0n) is 11.4. The van der Waals surface area contributed by atoms with Gasteiger partial charge in [-0.05, 0) is 30.5 Å². The van der Waals surface area contributed by atoms with Gasteiger partial charge in [0.2, 0.25) is 5.13 Å². The molecule has 0 saturated heterocycles. The Labute approximate surface area is 116 Å². The molecular formula is C14H18FN3S. The molecule has 0 aliphatic heterocycles. The summed E-state index contributed by atoms with van der Waals surface area (Å²) in [5.74, 6) is 0.352. The van der Waals surface area contributed by atoms with Crippen LogP contribution in [0.4, 0.5) is 9.52 Å². The fourth-order valence-corrected chi connectivity index (χ4v) is 2.83. The molecule has 1 unspecified atom stereocenters. The summed E-state index contributed by atoms with van der Waals surface area (Å²) in [6.07, 6.45) is 0.938. The van der Waals surface area contributed by atoms with Crippen LogP contribution in [-0.2, 0) is 6.42 Å². The molecule has 2 rings (SSSR count). The number of nitrogens with one attached hydrogen (secondary N) is 1. The van der Waals surface area contributed by atoms with E-state index in [0.29, 0.717) is 5.92 Å². The van der Waals surface area contributed by atoms with E-state index in [1.807, 2.05) is 13.0 Å². The van der Waals surface area contributed by atoms with Crippen molar-refractivity contribution in [1.29, 1.82) is 0 Å². The third kappa shape index (κ3) is 3.99. The Morgan fingerprint density at radius 3 is 2.74 bits per heavy atom. The fourth-order valence-electron chi connectivity index (χ4n) is 1.79. The molecule has 1 aromatic heterocycles. The molecule has 102 valence electrons. The minimum absolute atomic E-state index is 0.00977. The quantitative estimate of drug-likeness (QED) is 0.897. The van der Waals surface area contributed by atoms with Gasteiger partial charge < -0.3 is 5.32 Å². The maximum absolute atomic E-state index is 13.2. The molecule has 0 fully saturated rings. The molecule has 0 radical (unpaired) electrons. The summed E-state index contributed by atoms with van der Waals surface area (Å²) in [6.45, 7) is 6.30. The summed E-state index contributed by atoms with van der Waals surface area (Å²) in [4.78, 5) is 0. The number of benzene rings is 1. The van der Waals surface area contributed by atoms with Crippen molar-refractivity contribution in [3.8, 4) is 0 Å². The Balaban J connectivity index is 2.02. The van der Waals surface area contributed by atoms with Crippen LogP contribution >= 0.6 is 11.3 Å². The predicted molar refractivity (Wildman–Crippen MR) is 76.9 cm³/mol. The Morgan fingerprint density at radius 1 is 1.26 bits per heavy atom. The van der Waals surface area contributed by atoms with Crippen molar-refractivity contribution in [2.75, 3.05) is 5.32 Å². The molecule has 1 N–H and O–H groups in total. The molecule has 1 aromatic carbocycles. The number of anilines is 1. The van der Waals surface area contributed by atoms with Crippen LogP contribution in [0.1, 0.15) is 37.4 Å². The van der Waals surface area contributed by atoms with Crippen molar-refractivity contribution in [2.24, 2.45) is 5.92 Å². The van der Waals surface area contributed by atoms with Crippen molar-refractivity contribution < 1.29 is 4.39 Å². The van der Waals surface area contributed by atoms with Crippen LogP contribution in [0, 0.1) is 11.7 Å². The summed E-state index contributed by atoms with van der Waals surface area (Å²) in [6, 6.07) is 6.61. The van der Waals surface area contributed by atoms with Crippen molar-refractivity contribution in [2.45, 2.75) is 33.2 Å². The number of hydrogen-bond donors (Lipinski definition) is 1. The largest absolute Gasteiger partial charge is 0.354 e. The summed E-state index contributed by atoms with van der Waals surface area (Å²) in [5.41, 5.74) is 0.903. The summed E-state index contributed by atoms with van der Waals surface area (Å²) in [5, 5.41) is 13.3. The molecule has 0 amide bonds. The average Bonchev–Trinajstić information content (AvgIpc) is 2.75. The lowest BCUT2D eigenvalue weighted by molar-refractivity contribution is 0.623. The van der Waals surface area contributed by atoms with E-state index >= 15 is 0 Å². The highest BCUT2D eigenvalue weighted by molar-refractivity contribution is 7.15. The van der Waals surface area contributed by atoms with Gasteiger partial charge >= 0.3 is 0 Å². The average molecular weight is 279 g/mol. The van der Waals surface area contributed by atoms with Gasteiger partial charge in [-0.15, -0.1) is 10.2 Å². The minimum atomic E-state index is -0.219. The van der Waals surface area contributed by atoms with Gasteiger partial charge in [0, 0.05) is 6.42 Å². The normalized spacial score (nSPS) is 12.7. The monoisotopic (exact) mass is 279 g/mol. The van der Waals surface area contributed by atoms with Gasteiger partial charge in [-0.2, -0.15) is 0 Å². The zero-order valence-corrected chi connectivity index (χ0v) is 12.2. The van der Waals surface area contributed by atoms with Crippen LogP contribution < -0.4 is 5.32 Å². The van der Waals surface area contributed by atoms with E-state index in [4.69, 9.17) is 0 Å². The first-order chi connectivity index (χ1) is 9.04. The molecule has 3 nitrogen and oxygen atoms in total. The van der Waals surface area contributed by atoms with Crippen LogP contribution in [-0.4, -0.2) is 10.2 Å². The second-order valence-electron chi connectivity index (χ2n) is 5.02. The molecule has 0 saturated carbocycles.